The lowest BCUT2D eigenvalue weighted by Crippen LogP contribution is -2.26. The van der Waals surface area contributed by atoms with Crippen LogP contribution in [0.3, 0.4) is 0 Å². The highest BCUT2D eigenvalue weighted by atomic mass is 16.1. The zero-order valence-electron chi connectivity index (χ0n) is 23.0. The molecular formula is C33H40N4O. The third-order valence-corrected chi connectivity index (χ3v) is 6.77. The first kappa shape index (κ1) is 27.3. The number of carbonyl (C=O) groups is 1. The standard InChI is InChI=1S/C33H40N4O/c1-4-6-22-36(24-27-18-20-30(21-19-27)34-26(3)38)25-31-32(28-14-10-8-11-15-28)35-33(37(31)23-7-5-2)29-16-12-9-13-17-29/h8-21H,4-7,22-25H2,1-3H3,(H,34,38). The number of carbonyl (C=O) groups excluding carboxylic acids is 1. The Hall–Kier alpha value is -3.70. The van der Waals surface area contributed by atoms with Crippen LogP contribution in [-0.4, -0.2) is 26.9 Å². The molecule has 3 aromatic carbocycles. The van der Waals surface area contributed by atoms with E-state index in [9.17, 15) is 4.79 Å². The monoisotopic (exact) mass is 508 g/mol. The average Bonchev–Trinajstić information content (AvgIpc) is 3.30. The topological polar surface area (TPSA) is 50.2 Å². The Morgan fingerprint density at radius 2 is 1.45 bits per heavy atom. The summed E-state index contributed by atoms with van der Waals surface area (Å²) in [5.41, 5.74) is 6.72. The largest absolute Gasteiger partial charge is 0.326 e. The molecule has 1 aromatic heterocycles. The molecule has 0 atom stereocenters. The number of rotatable bonds is 13. The molecule has 0 aliphatic heterocycles. The van der Waals surface area contributed by atoms with Gasteiger partial charge in [0.15, 0.2) is 0 Å². The number of hydrogen-bond donors (Lipinski definition) is 1. The fourth-order valence-electron chi connectivity index (χ4n) is 4.80. The Morgan fingerprint density at radius 1 is 0.816 bits per heavy atom. The minimum atomic E-state index is -0.0506. The van der Waals surface area contributed by atoms with Gasteiger partial charge in [0, 0.05) is 43.4 Å². The lowest BCUT2D eigenvalue weighted by Gasteiger charge is -2.24. The summed E-state index contributed by atoms with van der Waals surface area (Å²) in [7, 11) is 0. The summed E-state index contributed by atoms with van der Waals surface area (Å²) in [4.78, 5) is 19.2. The Morgan fingerprint density at radius 3 is 2.05 bits per heavy atom. The number of aromatic nitrogens is 2. The summed E-state index contributed by atoms with van der Waals surface area (Å²) in [6.45, 7) is 9.65. The average molecular weight is 509 g/mol. The molecule has 4 aromatic rings. The van der Waals surface area contributed by atoms with Crippen molar-refractivity contribution in [3.8, 4) is 22.6 Å². The van der Waals surface area contributed by atoms with Gasteiger partial charge in [-0.1, -0.05) is 99.5 Å². The predicted molar refractivity (Wildman–Crippen MR) is 158 cm³/mol. The van der Waals surface area contributed by atoms with Crippen LogP contribution in [0.15, 0.2) is 84.9 Å². The lowest BCUT2D eigenvalue weighted by molar-refractivity contribution is -0.114. The van der Waals surface area contributed by atoms with Crippen molar-refractivity contribution in [2.75, 3.05) is 11.9 Å². The highest BCUT2D eigenvalue weighted by Crippen LogP contribution is 2.31. The number of amides is 1. The van der Waals surface area contributed by atoms with E-state index in [1.54, 1.807) is 0 Å². The van der Waals surface area contributed by atoms with Crippen LogP contribution < -0.4 is 5.32 Å². The fourth-order valence-corrected chi connectivity index (χ4v) is 4.80. The Labute approximate surface area is 227 Å². The molecule has 5 heteroatoms. The van der Waals surface area contributed by atoms with E-state index in [0.29, 0.717) is 0 Å². The van der Waals surface area contributed by atoms with Crippen LogP contribution in [0.4, 0.5) is 5.69 Å². The van der Waals surface area contributed by atoms with Crippen LogP contribution in [0.2, 0.25) is 0 Å². The molecule has 5 nitrogen and oxygen atoms in total. The van der Waals surface area contributed by atoms with E-state index < -0.39 is 0 Å². The first-order chi connectivity index (χ1) is 18.6. The Bertz CT molecular complexity index is 1280. The quantitative estimate of drug-likeness (QED) is 0.201. The highest BCUT2D eigenvalue weighted by Gasteiger charge is 2.21. The van der Waals surface area contributed by atoms with Crippen molar-refractivity contribution in [1.82, 2.24) is 14.5 Å². The maximum absolute atomic E-state index is 11.4. The molecule has 1 heterocycles. The van der Waals surface area contributed by atoms with Gasteiger partial charge in [0.1, 0.15) is 5.82 Å². The highest BCUT2D eigenvalue weighted by molar-refractivity contribution is 5.88. The summed E-state index contributed by atoms with van der Waals surface area (Å²) in [6.07, 6.45) is 4.52. The van der Waals surface area contributed by atoms with E-state index in [4.69, 9.17) is 4.98 Å². The van der Waals surface area contributed by atoms with Gasteiger partial charge in [0.05, 0.1) is 11.4 Å². The Kier molecular flexibility index (Phi) is 9.88. The number of anilines is 1. The zero-order chi connectivity index (χ0) is 26.7. The third-order valence-electron chi connectivity index (χ3n) is 6.77. The Balaban J connectivity index is 1.73. The molecule has 198 valence electrons. The van der Waals surface area contributed by atoms with Gasteiger partial charge in [-0.25, -0.2) is 4.98 Å². The lowest BCUT2D eigenvalue weighted by atomic mass is 10.1. The van der Waals surface area contributed by atoms with Crippen LogP contribution in [0.1, 0.15) is 57.7 Å². The van der Waals surface area contributed by atoms with Crippen molar-refractivity contribution < 1.29 is 4.79 Å². The molecule has 1 N–H and O–H groups in total. The number of unbranched alkanes of at least 4 members (excludes halogenated alkanes) is 2. The van der Waals surface area contributed by atoms with Gasteiger partial charge < -0.3 is 9.88 Å². The van der Waals surface area contributed by atoms with Crippen molar-refractivity contribution in [2.45, 2.75) is 66.1 Å². The molecule has 0 spiro atoms. The summed E-state index contributed by atoms with van der Waals surface area (Å²) < 4.78 is 2.46. The molecule has 0 fully saturated rings. The predicted octanol–water partition coefficient (Wildman–Crippen LogP) is 7.78. The van der Waals surface area contributed by atoms with E-state index in [-0.39, 0.29) is 5.91 Å². The van der Waals surface area contributed by atoms with Crippen molar-refractivity contribution in [1.29, 1.82) is 0 Å². The molecule has 4 rings (SSSR count). The summed E-state index contributed by atoms with van der Waals surface area (Å²) >= 11 is 0. The van der Waals surface area contributed by atoms with Crippen molar-refractivity contribution in [2.24, 2.45) is 0 Å². The second kappa shape index (κ2) is 13.7. The first-order valence-electron chi connectivity index (χ1n) is 13.9. The van der Waals surface area contributed by atoms with Crippen LogP contribution in [-0.2, 0) is 24.4 Å². The molecule has 0 saturated heterocycles. The van der Waals surface area contributed by atoms with Gasteiger partial charge in [-0.2, -0.15) is 0 Å². The van der Waals surface area contributed by atoms with Crippen molar-refractivity contribution >= 4 is 11.6 Å². The first-order valence-corrected chi connectivity index (χ1v) is 13.9. The summed E-state index contributed by atoms with van der Waals surface area (Å²) in [5.74, 6) is 0.994. The van der Waals surface area contributed by atoms with Gasteiger partial charge in [-0.05, 0) is 37.1 Å². The summed E-state index contributed by atoms with van der Waals surface area (Å²) in [6, 6.07) is 29.4. The molecule has 0 bridgehead atoms. The molecule has 0 radical (unpaired) electrons. The molecule has 0 unspecified atom stereocenters. The maximum Gasteiger partial charge on any atom is 0.221 e. The van der Waals surface area contributed by atoms with Crippen LogP contribution in [0.5, 0.6) is 0 Å². The summed E-state index contributed by atoms with van der Waals surface area (Å²) in [5, 5.41) is 2.87. The number of nitrogens with one attached hydrogen (secondary N) is 1. The molecule has 0 aliphatic carbocycles. The maximum atomic E-state index is 11.4. The molecule has 1 amide bonds. The number of hydrogen-bond acceptors (Lipinski definition) is 3. The van der Waals surface area contributed by atoms with E-state index in [2.05, 4.69) is 101 Å². The van der Waals surface area contributed by atoms with Gasteiger partial charge in [-0.3, -0.25) is 9.69 Å². The normalized spacial score (nSPS) is 11.2. The van der Waals surface area contributed by atoms with E-state index in [1.165, 1.54) is 18.2 Å². The van der Waals surface area contributed by atoms with E-state index in [1.807, 2.05) is 12.1 Å². The molecule has 0 aliphatic rings. The van der Waals surface area contributed by atoms with Gasteiger partial charge in [0.2, 0.25) is 5.91 Å². The van der Waals surface area contributed by atoms with Gasteiger partial charge in [-0.15, -0.1) is 0 Å². The smallest absolute Gasteiger partial charge is 0.221 e. The van der Waals surface area contributed by atoms with Crippen molar-refractivity contribution in [3.63, 3.8) is 0 Å². The minimum Gasteiger partial charge on any atom is -0.326 e. The third kappa shape index (κ3) is 7.20. The molecule has 0 saturated carbocycles. The zero-order valence-corrected chi connectivity index (χ0v) is 23.0. The van der Waals surface area contributed by atoms with E-state index >= 15 is 0 Å². The van der Waals surface area contributed by atoms with Gasteiger partial charge >= 0.3 is 0 Å². The second-order valence-electron chi connectivity index (χ2n) is 9.91. The molecule has 38 heavy (non-hydrogen) atoms. The van der Waals surface area contributed by atoms with Gasteiger partial charge in [0.25, 0.3) is 0 Å². The second-order valence-corrected chi connectivity index (χ2v) is 9.91. The number of imidazole rings is 1. The minimum absolute atomic E-state index is 0.0506. The van der Waals surface area contributed by atoms with Crippen LogP contribution in [0, 0.1) is 0 Å². The van der Waals surface area contributed by atoms with Crippen LogP contribution in [0.25, 0.3) is 22.6 Å². The SMILES string of the molecule is CCCCN(Cc1ccc(NC(C)=O)cc1)Cc1c(-c2ccccc2)nc(-c2ccccc2)n1CCCC. The fraction of sp³-hybridized carbons (Fsp3) is 0.333. The number of nitrogens with zero attached hydrogens (tertiary/aromatic N) is 3. The molecular weight excluding hydrogens is 468 g/mol. The van der Waals surface area contributed by atoms with Crippen LogP contribution >= 0.6 is 0 Å². The van der Waals surface area contributed by atoms with E-state index in [0.717, 1.165) is 80.2 Å². The number of benzene rings is 3. The van der Waals surface area contributed by atoms with Crippen molar-refractivity contribution in [3.05, 3.63) is 96.2 Å².